The Hall–Kier alpha value is -4.21. The lowest BCUT2D eigenvalue weighted by Gasteiger charge is -2.34. The summed E-state index contributed by atoms with van der Waals surface area (Å²) in [5.74, 6) is -1.43. The van der Waals surface area contributed by atoms with Crippen LogP contribution in [0.3, 0.4) is 0 Å². The van der Waals surface area contributed by atoms with Gasteiger partial charge in [-0.15, -0.1) is 0 Å². The molecule has 0 unspecified atom stereocenters. The van der Waals surface area contributed by atoms with Crippen LogP contribution in [0.15, 0.2) is 102 Å². The molecule has 2 atom stereocenters. The number of nitrogens with one attached hydrogen (secondary N) is 1. The first kappa shape index (κ1) is 34.7. The average Bonchev–Trinajstić information content (AvgIpc) is 3.04. The number of nitrogens with zero attached hydrogens (tertiary/aromatic N) is 2. The zero-order valence-corrected chi connectivity index (χ0v) is 28.0. The van der Waals surface area contributed by atoms with Crippen LogP contribution in [-0.2, 0) is 32.6 Å². The largest absolute Gasteiger partial charge is 0.352 e. The first-order valence-electron chi connectivity index (χ1n) is 15.1. The Morgan fingerprint density at radius 1 is 0.891 bits per heavy atom. The average molecular weight is 664 g/mol. The summed E-state index contributed by atoms with van der Waals surface area (Å²) >= 11 is 6.34. The summed E-state index contributed by atoms with van der Waals surface area (Å²) in [6, 6.07) is 25.0. The van der Waals surface area contributed by atoms with Crippen molar-refractivity contribution in [2.24, 2.45) is 0 Å². The van der Waals surface area contributed by atoms with Gasteiger partial charge < -0.3 is 10.2 Å². The van der Waals surface area contributed by atoms with Crippen molar-refractivity contribution in [2.45, 2.75) is 64.1 Å². The van der Waals surface area contributed by atoms with Gasteiger partial charge in [0.25, 0.3) is 10.0 Å². The number of anilines is 1. The molecule has 0 spiro atoms. The van der Waals surface area contributed by atoms with Gasteiger partial charge in [-0.1, -0.05) is 84.8 Å². The number of sulfonamides is 1. The van der Waals surface area contributed by atoms with Crippen LogP contribution in [0.1, 0.15) is 42.5 Å². The van der Waals surface area contributed by atoms with Crippen molar-refractivity contribution in [1.29, 1.82) is 0 Å². The monoisotopic (exact) mass is 663 g/mol. The summed E-state index contributed by atoms with van der Waals surface area (Å²) in [5.41, 5.74) is 3.11. The number of carbonyl (C=O) groups excluding carboxylic acids is 2. The van der Waals surface area contributed by atoms with Crippen LogP contribution in [0, 0.1) is 19.7 Å². The van der Waals surface area contributed by atoms with Crippen molar-refractivity contribution in [3.63, 3.8) is 0 Å². The molecule has 0 aliphatic heterocycles. The van der Waals surface area contributed by atoms with E-state index in [0.29, 0.717) is 22.6 Å². The van der Waals surface area contributed by atoms with Gasteiger partial charge in [0.2, 0.25) is 11.8 Å². The van der Waals surface area contributed by atoms with E-state index in [1.54, 1.807) is 43.3 Å². The highest BCUT2D eigenvalue weighted by atomic mass is 35.5. The van der Waals surface area contributed by atoms with E-state index in [2.05, 4.69) is 5.32 Å². The van der Waals surface area contributed by atoms with E-state index in [1.807, 2.05) is 51.1 Å². The van der Waals surface area contributed by atoms with Crippen molar-refractivity contribution >= 4 is 39.1 Å². The fourth-order valence-corrected chi connectivity index (χ4v) is 6.62. The second kappa shape index (κ2) is 15.4. The van der Waals surface area contributed by atoms with Gasteiger partial charge in [0.05, 0.1) is 10.6 Å². The van der Waals surface area contributed by atoms with Gasteiger partial charge in [0, 0.05) is 24.0 Å². The Morgan fingerprint density at radius 2 is 1.54 bits per heavy atom. The molecule has 4 rings (SSSR count). The molecule has 0 aliphatic carbocycles. The normalized spacial score (nSPS) is 12.7. The molecular formula is C36H39ClFN3O4S. The lowest BCUT2D eigenvalue weighted by atomic mass is 10.0. The number of rotatable bonds is 13. The van der Waals surface area contributed by atoms with Crippen LogP contribution in [0.2, 0.25) is 5.02 Å². The van der Waals surface area contributed by atoms with Gasteiger partial charge in [-0.3, -0.25) is 13.9 Å². The molecule has 4 aromatic rings. The molecule has 0 fully saturated rings. The third-order valence-corrected chi connectivity index (χ3v) is 9.88. The zero-order valence-electron chi connectivity index (χ0n) is 26.4. The Morgan fingerprint density at radius 3 is 2.17 bits per heavy atom. The molecule has 0 saturated carbocycles. The number of hydrogen-bond acceptors (Lipinski definition) is 4. The molecule has 2 amide bonds. The summed E-state index contributed by atoms with van der Waals surface area (Å²) in [6.45, 7) is 6.74. The van der Waals surface area contributed by atoms with E-state index >= 15 is 0 Å². The minimum atomic E-state index is -4.27. The number of amides is 2. The van der Waals surface area contributed by atoms with Gasteiger partial charge in [0.1, 0.15) is 18.4 Å². The highest BCUT2D eigenvalue weighted by molar-refractivity contribution is 7.92. The molecule has 0 heterocycles. The molecule has 0 radical (unpaired) electrons. The summed E-state index contributed by atoms with van der Waals surface area (Å²) in [6.07, 6.45) is 0.850. The van der Waals surface area contributed by atoms with Crippen LogP contribution in [0.5, 0.6) is 0 Å². The van der Waals surface area contributed by atoms with Gasteiger partial charge in [-0.25, -0.2) is 12.8 Å². The standard InChI is InChI=1S/C36H39ClFN3O4S/c1-5-27(4)39-36(43)34(21-28-9-7-6-8-10-28)40(23-29-14-17-31(38)18-15-29)35(42)24-41(33-22-30(37)16-13-26(33)3)46(44,45)32-19-11-25(2)12-20-32/h6-20,22,27,34H,5,21,23-24H2,1-4H3,(H,39,43)/t27-,34-/m1/s1. The van der Waals surface area contributed by atoms with Gasteiger partial charge in [-0.2, -0.15) is 0 Å². The third-order valence-electron chi connectivity index (χ3n) is 7.87. The number of benzene rings is 4. The van der Waals surface area contributed by atoms with Crippen LogP contribution in [0.4, 0.5) is 10.1 Å². The van der Waals surface area contributed by atoms with Crippen molar-refractivity contribution in [3.8, 4) is 0 Å². The first-order valence-corrected chi connectivity index (χ1v) is 16.9. The molecule has 46 heavy (non-hydrogen) atoms. The summed E-state index contributed by atoms with van der Waals surface area (Å²) < 4.78 is 43.4. The Kier molecular flexibility index (Phi) is 11.6. The molecule has 0 bridgehead atoms. The van der Waals surface area contributed by atoms with Crippen LogP contribution in [0.25, 0.3) is 0 Å². The topological polar surface area (TPSA) is 86.8 Å². The Bertz CT molecular complexity index is 1750. The summed E-state index contributed by atoms with van der Waals surface area (Å²) in [7, 11) is -4.27. The fourth-order valence-electron chi connectivity index (χ4n) is 4.98. The summed E-state index contributed by atoms with van der Waals surface area (Å²) in [4.78, 5) is 29.8. The number of hydrogen-bond donors (Lipinski definition) is 1. The van der Waals surface area contributed by atoms with Gasteiger partial charge in [0.15, 0.2) is 0 Å². The fraction of sp³-hybridized carbons (Fsp3) is 0.278. The third kappa shape index (κ3) is 8.73. The molecule has 242 valence electrons. The lowest BCUT2D eigenvalue weighted by molar-refractivity contribution is -0.140. The number of aryl methyl sites for hydroxylation is 2. The first-order chi connectivity index (χ1) is 21.9. The molecule has 4 aromatic carbocycles. The van der Waals surface area contributed by atoms with Gasteiger partial charge >= 0.3 is 0 Å². The highest BCUT2D eigenvalue weighted by Crippen LogP contribution is 2.30. The smallest absolute Gasteiger partial charge is 0.264 e. The molecule has 0 aliphatic rings. The van der Waals surface area contributed by atoms with Crippen molar-refractivity contribution < 1.29 is 22.4 Å². The Balaban J connectivity index is 1.83. The second-order valence-corrected chi connectivity index (χ2v) is 13.7. The van der Waals surface area contributed by atoms with E-state index in [9.17, 15) is 22.4 Å². The maximum absolute atomic E-state index is 14.6. The van der Waals surface area contributed by atoms with E-state index in [-0.39, 0.29) is 35.5 Å². The second-order valence-electron chi connectivity index (χ2n) is 11.4. The maximum Gasteiger partial charge on any atom is 0.264 e. The molecule has 0 saturated heterocycles. The minimum Gasteiger partial charge on any atom is -0.352 e. The predicted molar refractivity (Wildman–Crippen MR) is 181 cm³/mol. The van der Waals surface area contributed by atoms with Crippen LogP contribution >= 0.6 is 11.6 Å². The molecule has 10 heteroatoms. The van der Waals surface area contributed by atoms with Crippen LogP contribution < -0.4 is 9.62 Å². The number of halogens is 2. The van der Waals surface area contributed by atoms with E-state index in [1.165, 1.54) is 35.2 Å². The molecule has 0 aromatic heterocycles. The van der Waals surface area contributed by atoms with Crippen LogP contribution in [-0.4, -0.2) is 43.8 Å². The van der Waals surface area contributed by atoms with E-state index in [4.69, 9.17) is 11.6 Å². The van der Waals surface area contributed by atoms with Crippen molar-refractivity contribution in [2.75, 3.05) is 10.8 Å². The molecule has 1 N–H and O–H groups in total. The quantitative estimate of drug-likeness (QED) is 0.170. The zero-order chi connectivity index (χ0) is 33.4. The van der Waals surface area contributed by atoms with E-state index in [0.717, 1.165) is 15.4 Å². The lowest BCUT2D eigenvalue weighted by Crippen LogP contribution is -2.54. The number of carbonyl (C=O) groups is 2. The van der Waals surface area contributed by atoms with Crippen molar-refractivity contribution in [1.82, 2.24) is 10.2 Å². The highest BCUT2D eigenvalue weighted by Gasteiger charge is 2.35. The van der Waals surface area contributed by atoms with E-state index < -0.39 is 34.3 Å². The molecule has 7 nitrogen and oxygen atoms in total. The summed E-state index contributed by atoms with van der Waals surface area (Å²) in [5, 5.41) is 3.30. The molecular weight excluding hydrogens is 625 g/mol. The van der Waals surface area contributed by atoms with Crippen molar-refractivity contribution in [3.05, 3.63) is 130 Å². The maximum atomic E-state index is 14.6. The van der Waals surface area contributed by atoms with Gasteiger partial charge in [-0.05, 0) is 80.3 Å². The minimum absolute atomic E-state index is 0.00529. The predicted octanol–water partition coefficient (Wildman–Crippen LogP) is 6.85. The Labute approximate surface area is 276 Å². The SMILES string of the molecule is CC[C@@H](C)NC(=O)[C@@H](Cc1ccccc1)N(Cc1ccc(F)cc1)C(=O)CN(c1cc(Cl)ccc1C)S(=O)(=O)c1ccc(C)cc1.